The van der Waals surface area contributed by atoms with E-state index < -0.39 is 11.9 Å². The highest BCUT2D eigenvalue weighted by atomic mass is 16.7. The van der Waals surface area contributed by atoms with E-state index >= 15 is 0 Å². The molecule has 3 rings (SSSR count). The summed E-state index contributed by atoms with van der Waals surface area (Å²) in [5.41, 5.74) is 1.17. The zero-order valence-corrected chi connectivity index (χ0v) is 13.2. The van der Waals surface area contributed by atoms with Crippen LogP contribution >= 0.6 is 0 Å². The van der Waals surface area contributed by atoms with Crippen LogP contribution in [0.5, 0.6) is 5.75 Å². The minimum atomic E-state index is -0.484. The first-order chi connectivity index (χ1) is 10.6. The summed E-state index contributed by atoms with van der Waals surface area (Å²) in [5, 5.41) is 0. The number of benzene rings is 1. The summed E-state index contributed by atoms with van der Waals surface area (Å²) in [6.07, 6.45) is 0.980. The summed E-state index contributed by atoms with van der Waals surface area (Å²) in [6, 6.07) is 7.74. The van der Waals surface area contributed by atoms with Gasteiger partial charge in [-0.05, 0) is 26.0 Å². The van der Waals surface area contributed by atoms with Gasteiger partial charge in [0.05, 0.1) is 13.2 Å². The van der Waals surface area contributed by atoms with Crippen molar-refractivity contribution >= 4 is 5.91 Å². The number of hydrogen-bond donors (Lipinski definition) is 0. The molecular weight excluding hydrogens is 282 g/mol. The maximum absolute atomic E-state index is 12.5. The van der Waals surface area contributed by atoms with Gasteiger partial charge in [-0.3, -0.25) is 4.79 Å². The number of carbonyl (C=O) groups excluding carboxylic acids is 1. The normalized spacial score (nSPS) is 21.8. The Balaban J connectivity index is 1.54. The summed E-state index contributed by atoms with van der Waals surface area (Å²) < 4.78 is 17.1. The molecule has 22 heavy (non-hydrogen) atoms. The molecule has 2 fully saturated rings. The maximum atomic E-state index is 12.5. The van der Waals surface area contributed by atoms with Crippen LogP contribution in [0, 0.1) is 6.92 Å². The molecule has 1 amide bonds. The van der Waals surface area contributed by atoms with E-state index in [2.05, 4.69) is 0 Å². The van der Waals surface area contributed by atoms with Gasteiger partial charge in [0.1, 0.15) is 5.75 Å². The average Bonchev–Trinajstić information content (AvgIpc) is 2.98. The van der Waals surface area contributed by atoms with Gasteiger partial charge in [0.2, 0.25) is 0 Å². The monoisotopic (exact) mass is 305 g/mol. The van der Waals surface area contributed by atoms with E-state index in [9.17, 15) is 4.79 Å². The molecule has 1 aromatic carbocycles. The van der Waals surface area contributed by atoms with Crippen molar-refractivity contribution in [2.45, 2.75) is 38.6 Å². The van der Waals surface area contributed by atoms with E-state index in [1.807, 2.05) is 36.1 Å². The van der Waals surface area contributed by atoms with E-state index in [0.29, 0.717) is 26.3 Å². The van der Waals surface area contributed by atoms with Gasteiger partial charge in [0.25, 0.3) is 5.91 Å². The largest absolute Gasteiger partial charge is 0.481 e. The number of piperidine rings is 1. The van der Waals surface area contributed by atoms with Crippen molar-refractivity contribution in [2.24, 2.45) is 0 Å². The molecule has 0 N–H and O–H groups in total. The summed E-state index contributed by atoms with van der Waals surface area (Å²) in [6.45, 7) is 6.44. The minimum Gasteiger partial charge on any atom is -0.481 e. The van der Waals surface area contributed by atoms with Crippen LogP contribution in [0.25, 0.3) is 0 Å². The van der Waals surface area contributed by atoms with Gasteiger partial charge in [-0.2, -0.15) is 0 Å². The van der Waals surface area contributed by atoms with Crippen molar-refractivity contribution in [3.63, 3.8) is 0 Å². The van der Waals surface area contributed by atoms with E-state index in [4.69, 9.17) is 14.2 Å². The highest BCUT2D eigenvalue weighted by Crippen LogP contribution is 2.31. The second kappa shape index (κ2) is 6.26. The Hall–Kier alpha value is -1.59. The number of hydrogen-bond acceptors (Lipinski definition) is 4. The Morgan fingerprint density at radius 1 is 1.18 bits per heavy atom. The molecule has 0 bridgehead atoms. The second-order valence-corrected chi connectivity index (χ2v) is 6.01. The van der Waals surface area contributed by atoms with Crippen molar-refractivity contribution in [3.05, 3.63) is 29.8 Å². The molecule has 2 aliphatic rings. The first kappa shape index (κ1) is 15.3. The molecule has 0 radical (unpaired) electrons. The fraction of sp³-hybridized carbons (Fsp3) is 0.588. The Labute approximate surface area is 131 Å². The topological polar surface area (TPSA) is 48.0 Å². The summed E-state index contributed by atoms with van der Waals surface area (Å²) in [4.78, 5) is 14.3. The van der Waals surface area contributed by atoms with Gasteiger partial charge in [0, 0.05) is 25.9 Å². The second-order valence-electron chi connectivity index (χ2n) is 6.01. The van der Waals surface area contributed by atoms with Gasteiger partial charge >= 0.3 is 0 Å². The Kier molecular flexibility index (Phi) is 4.36. The lowest BCUT2D eigenvalue weighted by atomic mass is 10.0. The third-order valence-electron chi connectivity index (χ3n) is 4.33. The van der Waals surface area contributed by atoms with Gasteiger partial charge < -0.3 is 19.1 Å². The third kappa shape index (κ3) is 3.25. The molecule has 2 saturated heterocycles. The molecule has 0 saturated carbocycles. The lowest BCUT2D eigenvalue weighted by Gasteiger charge is -2.38. The van der Waals surface area contributed by atoms with E-state index in [1.165, 1.54) is 5.56 Å². The van der Waals surface area contributed by atoms with Gasteiger partial charge in [-0.1, -0.05) is 17.7 Å². The molecular formula is C17H23NO4. The molecule has 1 spiro atoms. The molecule has 5 heteroatoms. The van der Waals surface area contributed by atoms with Crippen LogP contribution in [-0.2, 0) is 14.3 Å². The summed E-state index contributed by atoms with van der Waals surface area (Å²) in [5.74, 6) is 0.300. The molecule has 2 aliphatic heterocycles. The lowest BCUT2D eigenvalue weighted by molar-refractivity contribution is -0.188. The Bertz CT molecular complexity index is 512. The van der Waals surface area contributed by atoms with Crippen LogP contribution in [-0.4, -0.2) is 49.0 Å². The fourth-order valence-corrected chi connectivity index (χ4v) is 2.98. The van der Waals surface area contributed by atoms with Crippen LogP contribution < -0.4 is 4.74 Å². The van der Waals surface area contributed by atoms with Crippen LogP contribution in [0.4, 0.5) is 0 Å². The highest BCUT2D eigenvalue weighted by molar-refractivity contribution is 5.81. The number of amides is 1. The zero-order valence-electron chi connectivity index (χ0n) is 13.2. The third-order valence-corrected chi connectivity index (χ3v) is 4.33. The van der Waals surface area contributed by atoms with Crippen molar-refractivity contribution < 1.29 is 19.0 Å². The summed E-state index contributed by atoms with van der Waals surface area (Å²) in [7, 11) is 0. The smallest absolute Gasteiger partial charge is 0.263 e. The lowest BCUT2D eigenvalue weighted by Crippen LogP contribution is -2.50. The van der Waals surface area contributed by atoms with E-state index in [1.54, 1.807) is 6.92 Å². The average molecular weight is 305 g/mol. The van der Waals surface area contributed by atoms with Gasteiger partial charge in [-0.25, -0.2) is 0 Å². The Morgan fingerprint density at radius 3 is 2.36 bits per heavy atom. The quantitative estimate of drug-likeness (QED) is 0.858. The van der Waals surface area contributed by atoms with Crippen LogP contribution in [0.15, 0.2) is 24.3 Å². The zero-order chi connectivity index (χ0) is 15.6. The molecule has 120 valence electrons. The SMILES string of the molecule is Cc1ccc(O[C@H](C)C(=O)N2CCC3(CC2)OCCO3)cc1. The number of carbonyl (C=O) groups is 1. The predicted octanol–water partition coefficient (Wildman–Crippen LogP) is 2.13. The molecule has 1 aromatic rings. The molecule has 5 nitrogen and oxygen atoms in total. The number of likely N-dealkylation sites (tertiary alicyclic amines) is 1. The van der Waals surface area contributed by atoms with Crippen LogP contribution in [0.3, 0.4) is 0 Å². The van der Waals surface area contributed by atoms with Crippen molar-refractivity contribution in [2.75, 3.05) is 26.3 Å². The van der Waals surface area contributed by atoms with Gasteiger partial charge in [0.15, 0.2) is 11.9 Å². The number of aryl methyl sites for hydroxylation is 1. The van der Waals surface area contributed by atoms with Crippen LogP contribution in [0.2, 0.25) is 0 Å². The fourth-order valence-electron chi connectivity index (χ4n) is 2.98. The van der Waals surface area contributed by atoms with Crippen molar-refractivity contribution in [3.8, 4) is 5.75 Å². The molecule has 1 atom stereocenters. The molecule has 0 aliphatic carbocycles. The standard InChI is InChI=1S/C17H23NO4/c1-13-3-5-15(6-4-13)22-14(2)16(19)18-9-7-17(8-10-18)20-11-12-21-17/h3-6,14H,7-12H2,1-2H3/t14-/m1/s1. The molecule has 0 unspecified atom stereocenters. The number of ether oxygens (including phenoxy) is 3. The molecule has 2 heterocycles. The van der Waals surface area contributed by atoms with E-state index in [-0.39, 0.29) is 5.91 Å². The van der Waals surface area contributed by atoms with Crippen LogP contribution in [0.1, 0.15) is 25.3 Å². The Morgan fingerprint density at radius 2 is 1.77 bits per heavy atom. The van der Waals surface area contributed by atoms with Gasteiger partial charge in [-0.15, -0.1) is 0 Å². The summed E-state index contributed by atoms with van der Waals surface area (Å²) >= 11 is 0. The van der Waals surface area contributed by atoms with Crippen molar-refractivity contribution in [1.82, 2.24) is 4.90 Å². The maximum Gasteiger partial charge on any atom is 0.263 e. The van der Waals surface area contributed by atoms with E-state index in [0.717, 1.165) is 18.6 Å². The highest BCUT2D eigenvalue weighted by Gasteiger charge is 2.41. The number of nitrogens with zero attached hydrogens (tertiary/aromatic N) is 1. The van der Waals surface area contributed by atoms with Crippen molar-refractivity contribution in [1.29, 1.82) is 0 Å². The predicted molar refractivity (Wildman–Crippen MR) is 81.7 cm³/mol. The first-order valence-electron chi connectivity index (χ1n) is 7.88. The first-order valence-corrected chi connectivity index (χ1v) is 7.88. The minimum absolute atomic E-state index is 0.0217. The number of rotatable bonds is 3. The molecule has 0 aromatic heterocycles.